The Labute approximate surface area is 168 Å². The zero-order valence-electron chi connectivity index (χ0n) is 11.2. The molecule has 2 aliphatic rings. The SMILES string of the molecule is C1=CC[N-]C(C2CCCC[N-]2)=C1.N#C[S-].N#C[S-].[I][Sn][I]. The van der Waals surface area contributed by atoms with Crippen molar-refractivity contribution >= 4 is 75.7 Å². The van der Waals surface area contributed by atoms with Crippen LogP contribution in [0.2, 0.25) is 0 Å². The van der Waals surface area contributed by atoms with Gasteiger partial charge in [-0.25, -0.2) is 10.5 Å². The van der Waals surface area contributed by atoms with Gasteiger partial charge in [-0.15, -0.1) is 25.2 Å². The summed E-state index contributed by atoms with van der Waals surface area (Å²) in [6.45, 7) is 1.87. The predicted molar refractivity (Wildman–Crippen MR) is 111 cm³/mol. The molecule has 0 aliphatic carbocycles. The molecule has 21 heavy (non-hydrogen) atoms. The van der Waals surface area contributed by atoms with Crippen molar-refractivity contribution in [3.05, 3.63) is 34.6 Å². The summed E-state index contributed by atoms with van der Waals surface area (Å²) < 4.78 is 0. The van der Waals surface area contributed by atoms with Crippen molar-refractivity contribution in [1.82, 2.24) is 0 Å². The van der Waals surface area contributed by atoms with E-state index in [0.717, 1.165) is 13.1 Å². The van der Waals surface area contributed by atoms with Crippen molar-refractivity contribution in [2.45, 2.75) is 25.3 Å². The molecule has 0 aromatic rings. The van der Waals surface area contributed by atoms with Gasteiger partial charge in [0.15, 0.2) is 0 Å². The van der Waals surface area contributed by atoms with Gasteiger partial charge in [-0.05, 0) is 0 Å². The molecule has 0 bridgehead atoms. The van der Waals surface area contributed by atoms with Crippen molar-refractivity contribution in [3.63, 3.8) is 0 Å². The Morgan fingerprint density at radius 2 is 1.81 bits per heavy atom. The minimum absolute atomic E-state index is 0.170. The number of thiocyanates is 2. The van der Waals surface area contributed by atoms with E-state index in [-0.39, 0.29) is 13.2 Å². The van der Waals surface area contributed by atoms with Crippen LogP contribution < -0.4 is 0 Å². The van der Waals surface area contributed by atoms with Crippen LogP contribution in [0, 0.1) is 21.3 Å². The molecule has 116 valence electrons. The van der Waals surface area contributed by atoms with Crippen LogP contribution in [0.4, 0.5) is 0 Å². The van der Waals surface area contributed by atoms with Crippen LogP contribution in [-0.2, 0) is 25.3 Å². The molecular formula is C12H14I2N4S2Sn-4. The molecule has 0 aromatic heterocycles. The fourth-order valence-corrected chi connectivity index (χ4v) is 1.68. The Morgan fingerprint density at radius 3 is 2.19 bits per heavy atom. The predicted octanol–water partition coefficient (Wildman–Crippen LogP) is 4.16. The van der Waals surface area contributed by atoms with Crippen molar-refractivity contribution in [2.24, 2.45) is 0 Å². The summed E-state index contributed by atoms with van der Waals surface area (Å²) in [5.41, 5.74) is 1.19. The summed E-state index contributed by atoms with van der Waals surface area (Å²) in [4.78, 5) is 0. The van der Waals surface area contributed by atoms with Gasteiger partial charge in [0.25, 0.3) is 0 Å². The third-order valence-corrected chi connectivity index (χ3v) is 2.36. The van der Waals surface area contributed by atoms with E-state index >= 15 is 0 Å². The molecule has 1 saturated heterocycles. The summed E-state index contributed by atoms with van der Waals surface area (Å²) in [6, 6.07) is 0.406. The van der Waals surface area contributed by atoms with Gasteiger partial charge in [0.05, 0.1) is 0 Å². The van der Waals surface area contributed by atoms with E-state index in [1.807, 2.05) is 0 Å². The van der Waals surface area contributed by atoms with Crippen LogP contribution in [-0.4, -0.2) is 32.3 Å². The van der Waals surface area contributed by atoms with E-state index < -0.39 is 0 Å². The average molecular weight is 651 g/mol. The molecule has 2 heterocycles. The molecule has 0 amide bonds. The standard InChI is InChI=1S/C10H14N2.2CHNS.2HI.Sn/c1-3-7-11-9(5-1)10-6-2-4-8-12-10;2*2-1-3;;;/h1,3,5,10H,2,4,6-8H2;2*3H;2*1H;/q-2;;;;;+2/p-4. The van der Waals surface area contributed by atoms with Gasteiger partial charge >= 0.3 is 50.5 Å². The van der Waals surface area contributed by atoms with Gasteiger partial charge in [0, 0.05) is 0 Å². The second-order valence-electron chi connectivity index (χ2n) is 3.53. The fourth-order valence-electron chi connectivity index (χ4n) is 1.68. The third kappa shape index (κ3) is 17.1. The normalized spacial score (nSPS) is 18.3. The Bertz CT molecular complexity index is 362. The third-order valence-electron chi connectivity index (χ3n) is 2.36. The number of halogens is 2. The van der Waals surface area contributed by atoms with Gasteiger partial charge < -0.3 is 35.9 Å². The second kappa shape index (κ2) is 20.9. The summed E-state index contributed by atoms with van der Waals surface area (Å²) in [7, 11) is 0. The maximum absolute atomic E-state index is 7.13. The molecule has 0 spiro atoms. The van der Waals surface area contributed by atoms with Crippen molar-refractivity contribution in [1.29, 1.82) is 10.5 Å². The van der Waals surface area contributed by atoms with Crippen LogP contribution >= 0.6 is 37.3 Å². The molecule has 0 N–H and O–H groups in total. The first-order valence-electron chi connectivity index (χ1n) is 5.91. The van der Waals surface area contributed by atoms with Crippen molar-refractivity contribution < 1.29 is 0 Å². The topological polar surface area (TPSA) is 75.8 Å². The summed E-state index contributed by atoms with van der Waals surface area (Å²) in [5.74, 6) is 0. The molecule has 1 unspecified atom stereocenters. The van der Waals surface area contributed by atoms with Crippen LogP contribution in [0.5, 0.6) is 0 Å². The number of allylic oxidation sites excluding steroid dienone is 2. The van der Waals surface area contributed by atoms with Crippen molar-refractivity contribution in [3.8, 4) is 10.8 Å². The van der Waals surface area contributed by atoms with Crippen LogP contribution in [0.1, 0.15) is 19.3 Å². The molecule has 1 fully saturated rings. The molecule has 2 radical (unpaired) electrons. The number of nitriles is 2. The van der Waals surface area contributed by atoms with E-state index in [2.05, 4.69) is 91.4 Å². The minimum atomic E-state index is 0.170. The number of piperidine rings is 1. The van der Waals surface area contributed by atoms with Gasteiger partial charge in [-0.1, -0.05) is 42.2 Å². The zero-order valence-corrected chi connectivity index (χ0v) is 20.0. The Morgan fingerprint density at radius 1 is 1.24 bits per heavy atom. The Hall–Kier alpha value is 0.919. The molecule has 0 saturated carbocycles. The van der Waals surface area contributed by atoms with Gasteiger partial charge in [0.1, 0.15) is 0 Å². The quantitative estimate of drug-likeness (QED) is 0.185. The first kappa shape index (κ1) is 24.2. The van der Waals surface area contributed by atoms with Crippen LogP contribution in [0.3, 0.4) is 0 Å². The first-order chi connectivity index (χ1) is 10.2. The number of hydrogen-bond acceptors (Lipinski definition) is 4. The van der Waals surface area contributed by atoms with E-state index in [4.69, 9.17) is 10.5 Å². The Kier molecular flexibility index (Phi) is 24.1. The van der Waals surface area contributed by atoms with Gasteiger partial charge in [-0.2, -0.15) is 5.70 Å². The molecular weight excluding hydrogens is 637 g/mol. The molecule has 0 aromatic carbocycles. The van der Waals surface area contributed by atoms with E-state index in [1.165, 1.54) is 35.8 Å². The van der Waals surface area contributed by atoms with E-state index in [1.54, 1.807) is 0 Å². The number of hydrogen-bond donors (Lipinski definition) is 0. The summed E-state index contributed by atoms with van der Waals surface area (Å²) in [5, 5.41) is 25.9. The second-order valence-corrected chi connectivity index (χ2v) is 25.4. The maximum atomic E-state index is 7.13. The van der Waals surface area contributed by atoms with E-state index in [9.17, 15) is 0 Å². The Balaban J connectivity index is 0. The molecule has 2 rings (SSSR count). The molecule has 1 atom stereocenters. The zero-order chi connectivity index (χ0) is 16.3. The number of rotatable bonds is 1. The molecule has 2 aliphatic heterocycles. The summed E-state index contributed by atoms with van der Waals surface area (Å²) >= 11 is 12.5. The summed E-state index contributed by atoms with van der Waals surface area (Å²) in [6.07, 6.45) is 10.0. The molecule has 9 heteroatoms. The van der Waals surface area contributed by atoms with Gasteiger partial charge in [-0.3, -0.25) is 0 Å². The molecule has 4 nitrogen and oxygen atoms in total. The monoisotopic (exact) mass is 652 g/mol. The number of nitrogens with zero attached hydrogens (tertiary/aromatic N) is 4. The van der Waals surface area contributed by atoms with Crippen molar-refractivity contribution in [2.75, 3.05) is 13.1 Å². The van der Waals surface area contributed by atoms with E-state index in [0.29, 0.717) is 6.04 Å². The average Bonchev–Trinajstić information content (AvgIpc) is 2.51. The fraction of sp³-hybridized carbons (Fsp3) is 0.500. The van der Waals surface area contributed by atoms with Crippen LogP contribution in [0.25, 0.3) is 10.6 Å². The van der Waals surface area contributed by atoms with Gasteiger partial charge in [0.2, 0.25) is 0 Å². The first-order valence-corrected chi connectivity index (χ1v) is 23.4. The van der Waals surface area contributed by atoms with Crippen LogP contribution in [0.15, 0.2) is 23.9 Å².